The predicted octanol–water partition coefficient (Wildman–Crippen LogP) is 2.76. The zero-order valence-electron chi connectivity index (χ0n) is 28.0. The number of imide groups is 1. The van der Waals surface area contributed by atoms with Gasteiger partial charge in [0, 0.05) is 49.5 Å². The summed E-state index contributed by atoms with van der Waals surface area (Å²) in [7, 11) is -1.93. The van der Waals surface area contributed by atoms with E-state index in [9.17, 15) is 58.2 Å². The molecular formula is C33H32BClF2N6O11. The first-order chi connectivity index (χ1) is 25.6. The normalized spacial score (nSPS) is 17.8. The number of urea groups is 3. The van der Waals surface area contributed by atoms with Crippen molar-refractivity contribution in [2.24, 2.45) is 0 Å². The number of phenolic OH excluding ortho intramolecular Hbond substituents is 3. The number of aromatic carboxylic acids is 1. The van der Waals surface area contributed by atoms with Crippen molar-refractivity contribution in [2.75, 3.05) is 31.5 Å². The maximum Gasteiger partial charge on any atom is 0.547 e. The molecule has 6 rings (SSSR count). The van der Waals surface area contributed by atoms with Crippen LogP contribution in [0.2, 0.25) is 5.02 Å². The molecule has 0 aromatic heterocycles. The van der Waals surface area contributed by atoms with E-state index in [0.717, 1.165) is 11.0 Å². The molecule has 3 aliphatic rings. The van der Waals surface area contributed by atoms with Crippen LogP contribution in [0.25, 0.3) is 0 Å². The van der Waals surface area contributed by atoms with Crippen molar-refractivity contribution < 1.29 is 62.9 Å². The minimum absolute atomic E-state index is 0.0173. The van der Waals surface area contributed by atoms with Crippen molar-refractivity contribution in [3.63, 3.8) is 0 Å². The fourth-order valence-corrected chi connectivity index (χ4v) is 6.84. The molecule has 0 radical (unpaired) electrons. The van der Waals surface area contributed by atoms with E-state index in [1.54, 1.807) is 17.0 Å². The number of anilines is 1. The zero-order chi connectivity index (χ0) is 39.0. The summed E-state index contributed by atoms with van der Waals surface area (Å²) in [6, 6.07) is 4.11. The predicted molar refractivity (Wildman–Crippen MR) is 184 cm³/mol. The molecular weight excluding hydrogens is 741 g/mol. The van der Waals surface area contributed by atoms with E-state index >= 15 is 0 Å². The van der Waals surface area contributed by atoms with Crippen LogP contribution in [0.3, 0.4) is 0 Å². The number of piperidine rings is 1. The maximum atomic E-state index is 14.7. The Kier molecular flexibility index (Phi) is 10.6. The van der Waals surface area contributed by atoms with E-state index in [1.165, 1.54) is 23.1 Å². The van der Waals surface area contributed by atoms with Gasteiger partial charge in [0.1, 0.15) is 28.9 Å². The Bertz CT molecular complexity index is 2040. The summed E-state index contributed by atoms with van der Waals surface area (Å²) in [5.41, 5.74) is -0.885. The molecule has 54 heavy (non-hydrogen) atoms. The lowest BCUT2D eigenvalue weighted by Crippen LogP contribution is -2.56. The lowest BCUT2D eigenvalue weighted by molar-refractivity contribution is -0.123. The number of carbonyl (C=O) groups is 5. The second kappa shape index (κ2) is 15.1. The highest BCUT2D eigenvalue weighted by Gasteiger charge is 2.43. The minimum atomic E-state index is -1.96. The molecule has 2 fully saturated rings. The Hall–Kier alpha value is -6.02. The standard InChI is InChI=1S/C33H32BClF2N6O11/c35-24-19(14-21(37)26(45)27(24)46)25(29(47)39-22-12-15-4-5-20(36)23(30(48)49)28(15)54-34(22)53)40-32(51)43-11-10-42(33(43)52)17-6-8-41(9-7-17)31(50)38-16-2-1-3-18(44)13-16/h1-5,13-14,17,22,25,44-46,53H,6-12H2,(H,38,50)(H,39,47)(H,40,51)(H,48,49)/t22-,25+/m0/s1. The molecule has 17 nitrogen and oxygen atoms in total. The van der Waals surface area contributed by atoms with E-state index in [4.69, 9.17) is 16.3 Å². The van der Waals surface area contributed by atoms with Crippen molar-refractivity contribution in [3.05, 3.63) is 75.8 Å². The van der Waals surface area contributed by atoms with Crippen molar-refractivity contribution in [1.29, 1.82) is 0 Å². The number of likely N-dealkylation sites (tertiary alicyclic amines) is 1. The van der Waals surface area contributed by atoms with Crippen LogP contribution < -0.4 is 20.6 Å². The van der Waals surface area contributed by atoms with Crippen LogP contribution in [0.1, 0.15) is 40.4 Å². The number of benzene rings is 3. The molecule has 3 aliphatic heterocycles. The minimum Gasteiger partial charge on any atom is -0.534 e. The number of amides is 7. The molecule has 7 amide bonds. The number of nitrogens with one attached hydrogen (secondary N) is 3. The topological polar surface area (TPSA) is 242 Å². The Morgan fingerprint density at radius 2 is 1.67 bits per heavy atom. The lowest BCUT2D eigenvalue weighted by Gasteiger charge is -2.36. The third kappa shape index (κ3) is 7.42. The Morgan fingerprint density at radius 1 is 0.944 bits per heavy atom. The molecule has 8 N–H and O–H groups in total. The van der Waals surface area contributed by atoms with Crippen LogP contribution in [0.15, 0.2) is 42.5 Å². The van der Waals surface area contributed by atoms with Crippen LogP contribution in [0.4, 0.5) is 28.9 Å². The average Bonchev–Trinajstić information content (AvgIpc) is 3.52. The van der Waals surface area contributed by atoms with Crippen LogP contribution in [0, 0.1) is 11.6 Å². The second-order valence-electron chi connectivity index (χ2n) is 12.7. The van der Waals surface area contributed by atoms with Gasteiger partial charge in [0.05, 0.1) is 11.0 Å². The van der Waals surface area contributed by atoms with Crippen molar-refractivity contribution in [1.82, 2.24) is 25.3 Å². The van der Waals surface area contributed by atoms with Gasteiger partial charge in [-0.3, -0.25) is 4.79 Å². The fraction of sp³-hybridized carbons (Fsp3) is 0.303. The van der Waals surface area contributed by atoms with Gasteiger partial charge in [-0.15, -0.1) is 0 Å². The smallest absolute Gasteiger partial charge is 0.534 e. The first-order valence-electron chi connectivity index (χ1n) is 16.5. The number of rotatable bonds is 7. The van der Waals surface area contributed by atoms with Gasteiger partial charge in [0.2, 0.25) is 5.91 Å². The number of hydrogen-bond acceptors (Lipinski definition) is 10. The molecule has 0 spiro atoms. The number of phenols is 3. The molecule has 21 heteroatoms. The van der Waals surface area contributed by atoms with E-state index in [1.807, 2.05) is 0 Å². The first-order valence-corrected chi connectivity index (χ1v) is 16.9. The van der Waals surface area contributed by atoms with Gasteiger partial charge in [-0.2, -0.15) is 0 Å². The quantitative estimate of drug-likeness (QED) is 0.128. The van der Waals surface area contributed by atoms with Gasteiger partial charge in [-0.05, 0) is 49.1 Å². The summed E-state index contributed by atoms with van der Waals surface area (Å²) in [6.45, 7) is 0.516. The highest BCUT2D eigenvalue weighted by molar-refractivity contribution is 6.47. The summed E-state index contributed by atoms with van der Waals surface area (Å²) in [5.74, 6) is -9.58. The lowest BCUT2D eigenvalue weighted by atomic mass is 9.72. The van der Waals surface area contributed by atoms with Gasteiger partial charge in [0.15, 0.2) is 17.3 Å². The number of halogens is 3. The molecule has 2 saturated heterocycles. The van der Waals surface area contributed by atoms with Gasteiger partial charge in [-0.1, -0.05) is 23.7 Å². The highest BCUT2D eigenvalue weighted by Crippen LogP contribution is 2.41. The number of carbonyl (C=O) groups excluding carboxylic acids is 4. The molecule has 0 saturated carbocycles. The maximum absolute atomic E-state index is 14.7. The summed E-state index contributed by atoms with van der Waals surface area (Å²) in [4.78, 5) is 69.1. The number of hydrogen-bond donors (Lipinski definition) is 8. The van der Waals surface area contributed by atoms with Crippen LogP contribution in [0.5, 0.6) is 23.0 Å². The highest BCUT2D eigenvalue weighted by atomic mass is 35.5. The number of fused-ring (bicyclic) bond motifs is 1. The molecule has 3 aromatic rings. The average molecular weight is 773 g/mol. The Morgan fingerprint density at radius 3 is 2.35 bits per heavy atom. The van der Waals surface area contributed by atoms with Gasteiger partial charge >= 0.3 is 31.2 Å². The van der Waals surface area contributed by atoms with Crippen molar-refractivity contribution in [2.45, 2.75) is 37.3 Å². The largest absolute Gasteiger partial charge is 0.547 e. The summed E-state index contributed by atoms with van der Waals surface area (Å²) in [6.07, 6.45) is 0.454. The van der Waals surface area contributed by atoms with Gasteiger partial charge < -0.3 is 55.9 Å². The van der Waals surface area contributed by atoms with E-state index < -0.39 is 94.1 Å². The van der Waals surface area contributed by atoms with Crippen molar-refractivity contribution >= 4 is 54.4 Å². The first kappa shape index (κ1) is 37.7. The van der Waals surface area contributed by atoms with Gasteiger partial charge in [0.25, 0.3) is 0 Å². The fourth-order valence-electron chi connectivity index (χ4n) is 6.59. The van der Waals surface area contributed by atoms with E-state index in [0.29, 0.717) is 24.6 Å². The summed E-state index contributed by atoms with van der Waals surface area (Å²) >= 11 is 6.19. The molecule has 0 aliphatic carbocycles. The SMILES string of the molecule is O=C(O)c1c(F)ccc2c1OB(O)[C@@H](NC(=O)[C@H](NC(=O)N1CCN(C3CCN(C(=O)Nc4cccc(O)c4)CC3)C1=O)c1cc(F)c(O)c(O)c1Cl)C2. The molecule has 3 heterocycles. The summed E-state index contributed by atoms with van der Waals surface area (Å²) in [5, 5.41) is 56.5. The summed E-state index contributed by atoms with van der Waals surface area (Å²) < 4.78 is 34.2. The molecule has 0 bridgehead atoms. The van der Waals surface area contributed by atoms with Crippen LogP contribution in [-0.2, 0) is 11.2 Å². The Balaban J connectivity index is 1.15. The van der Waals surface area contributed by atoms with Crippen LogP contribution >= 0.6 is 11.6 Å². The Labute approximate surface area is 309 Å². The second-order valence-corrected chi connectivity index (χ2v) is 13.1. The third-order valence-electron chi connectivity index (χ3n) is 9.36. The van der Waals surface area contributed by atoms with Crippen molar-refractivity contribution in [3.8, 4) is 23.0 Å². The number of carboxylic acids is 1. The van der Waals surface area contributed by atoms with Crippen LogP contribution in [-0.4, -0.2) is 115 Å². The number of nitrogens with zero attached hydrogens (tertiary/aromatic N) is 3. The molecule has 0 unspecified atom stereocenters. The molecule has 284 valence electrons. The number of carboxylic acid groups (broad SMARTS) is 1. The van der Waals surface area contributed by atoms with E-state index in [-0.39, 0.29) is 50.0 Å². The molecule has 3 aromatic carbocycles. The molecule has 2 atom stereocenters. The third-order valence-corrected chi connectivity index (χ3v) is 9.76. The monoisotopic (exact) mass is 772 g/mol. The number of aromatic hydroxyl groups is 3. The zero-order valence-corrected chi connectivity index (χ0v) is 28.7. The van der Waals surface area contributed by atoms with E-state index in [2.05, 4.69) is 16.0 Å². The van der Waals surface area contributed by atoms with Gasteiger partial charge in [-0.25, -0.2) is 32.9 Å².